The van der Waals surface area contributed by atoms with Crippen LogP contribution in [0.4, 0.5) is 10.1 Å². The van der Waals surface area contributed by atoms with Crippen molar-refractivity contribution in [3.8, 4) is 0 Å². The quantitative estimate of drug-likeness (QED) is 0.865. The summed E-state index contributed by atoms with van der Waals surface area (Å²) in [7, 11) is -3.92. The Bertz CT molecular complexity index is 792. The molecule has 0 aliphatic heterocycles. The number of anilines is 1. The van der Waals surface area contributed by atoms with Crippen LogP contribution in [0.5, 0.6) is 0 Å². The second-order valence-electron chi connectivity index (χ2n) is 4.79. The Hall–Kier alpha value is -1.96. The number of rotatable bonds is 5. The van der Waals surface area contributed by atoms with E-state index >= 15 is 0 Å². The van der Waals surface area contributed by atoms with E-state index in [0.29, 0.717) is 10.7 Å². The van der Waals surface area contributed by atoms with E-state index in [1.54, 1.807) is 24.3 Å². The second-order valence-corrected chi connectivity index (χ2v) is 6.94. The summed E-state index contributed by atoms with van der Waals surface area (Å²) >= 11 is 5.75. The lowest BCUT2D eigenvalue weighted by atomic mass is 10.3. The summed E-state index contributed by atoms with van der Waals surface area (Å²) in [6.07, 6.45) is 0. The highest BCUT2D eigenvalue weighted by Crippen LogP contribution is 2.14. The minimum atomic E-state index is -3.92. The van der Waals surface area contributed by atoms with Crippen LogP contribution in [-0.2, 0) is 14.8 Å². The van der Waals surface area contributed by atoms with Crippen molar-refractivity contribution in [2.45, 2.75) is 17.9 Å². The molecule has 23 heavy (non-hydrogen) atoms. The van der Waals surface area contributed by atoms with Crippen molar-refractivity contribution in [2.24, 2.45) is 0 Å². The predicted octanol–water partition coefficient (Wildman–Crippen LogP) is 2.78. The highest BCUT2D eigenvalue weighted by atomic mass is 35.5. The fourth-order valence-electron chi connectivity index (χ4n) is 1.75. The minimum absolute atomic E-state index is 0.120. The van der Waals surface area contributed by atoms with Gasteiger partial charge in [0.05, 0.1) is 10.9 Å². The largest absolute Gasteiger partial charge is 0.325 e. The Balaban J connectivity index is 2.05. The summed E-state index contributed by atoms with van der Waals surface area (Å²) in [5.41, 5.74) is 0.493. The van der Waals surface area contributed by atoms with Crippen LogP contribution < -0.4 is 10.0 Å². The van der Waals surface area contributed by atoms with Gasteiger partial charge in [-0.3, -0.25) is 4.79 Å². The zero-order valence-corrected chi connectivity index (χ0v) is 13.7. The Morgan fingerprint density at radius 3 is 2.22 bits per heavy atom. The van der Waals surface area contributed by atoms with Gasteiger partial charge < -0.3 is 5.32 Å². The molecular weight excluding hydrogens is 343 g/mol. The molecule has 2 aromatic rings. The van der Waals surface area contributed by atoms with Crippen LogP contribution in [-0.4, -0.2) is 20.4 Å². The highest BCUT2D eigenvalue weighted by molar-refractivity contribution is 7.89. The molecular formula is C15H14ClFN2O3S. The van der Waals surface area contributed by atoms with Gasteiger partial charge in [-0.1, -0.05) is 11.6 Å². The first kappa shape index (κ1) is 17.4. The summed E-state index contributed by atoms with van der Waals surface area (Å²) < 4.78 is 39.3. The first-order chi connectivity index (χ1) is 10.8. The minimum Gasteiger partial charge on any atom is -0.325 e. The lowest BCUT2D eigenvalue weighted by molar-refractivity contribution is -0.117. The Morgan fingerprint density at radius 2 is 1.65 bits per heavy atom. The maximum absolute atomic E-state index is 12.8. The lowest BCUT2D eigenvalue weighted by Gasteiger charge is -2.14. The Morgan fingerprint density at radius 1 is 1.09 bits per heavy atom. The predicted molar refractivity (Wildman–Crippen MR) is 86.3 cm³/mol. The zero-order chi connectivity index (χ0) is 17.0. The van der Waals surface area contributed by atoms with Gasteiger partial charge >= 0.3 is 0 Å². The second kappa shape index (κ2) is 7.08. The third-order valence-electron chi connectivity index (χ3n) is 2.96. The number of hydrogen-bond acceptors (Lipinski definition) is 3. The van der Waals surface area contributed by atoms with E-state index < -0.39 is 27.8 Å². The summed E-state index contributed by atoms with van der Waals surface area (Å²) in [6.45, 7) is 1.41. The Labute approximate surface area is 138 Å². The van der Waals surface area contributed by atoms with Crippen molar-refractivity contribution < 1.29 is 17.6 Å². The van der Waals surface area contributed by atoms with Gasteiger partial charge in [0.2, 0.25) is 15.9 Å². The maximum Gasteiger partial charge on any atom is 0.242 e. The third kappa shape index (κ3) is 4.75. The van der Waals surface area contributed by atoms with E-state index in [4.69, 9.17) is 11.6 Å². The lowest BCUT2D eigenvalue weighted by Crippen LogP contribution is -2.41. The van der Waals surface area contributed by atoms with Gasteiger partial charge in [-0.05, 0) is 55.5 Å². The molecule has 2 rings (SSSR count). The molecule has 1 atom stereocenters. The van der Waals surface area contributed by atoms with Crippen molar-refractivity contribution in [1.82, 2.24) is 4.72 Å². The van der Waals surface area contributed by atoms with Gasteiger partial charge in [-0.25, -0.2) is 12.8 Å². The average Bonchev–Trinajstić information content (AvgIpc) is 2.49. The molecule has 0 fully saturated rings. The number of benzene rings is 2. The van der Waals surface area contributed by atoms with E-state index in [9.17, 15) is 17.6 Å². The van der Waals surface area contributed by atoms with Crippen LogP contribution in [0.2, 0.25) is 5.02 Å². The normalized spacial score (nSPS) is 12.7. The van der Waals surface area contributed by atoms with Crippen LogP contribution in [0.25, 0.3) is 0 Å². The van der Waals surface area contributed by atoms with Crippen molar-refractivity contribution in [1.29, 1.82) is 0 Å². The monoisotopic (exact) mass is 356 g/mol. The molecule has 0 aliphatic rings. The molecule has 2 aromatic carbocycles. The van der Waals surface area contributed by atoms with E-state index in [0.717, 1.165) is 24.3 Å². The summed E-state index contributed by atoms with van der Waals surface area (Å²) in [5.74, 6) is -1.07. The summed E-state index contributed by atoms with van der Waals surface area (Å²) in [6, 6.07) is 9.71. The molecule has 0 aromatic heterocycles. The SMILES string of the molecule is CC(NS(=O)(=O)c1ccc(F)cc1)C(=O)Nc1ccc(Cl)cc1. The van der Waals surface area contributed by atoms with E-state index in [-0.39, 0.29) is 4.90 Å². The van der Waals surface area contributed by atoms with Crippen molar-refractivity contribution in [3.63, 3.8) is 0 Å². The van der Waals surface area contributed by atoms with E-state index in [1.165, 1.54) is 6.92 Å². The standard InChI is InChI=1S/C15H14ClFN2O3S/c1-10(15(20)18-13-6-2-11(16)3-7-13)19-23(21,22)14-8-4-12(17)5-9-14/h2-10,19H,1H3,(H,18,20). The van der Waals surface area contributed by atoms with Gasteiger partial charge in [0.25, 0.3) is 0 Å². The van der Waals surface area contributed by atoms with Gasteiger partial charge in [-0.2, -0.15) is 4.72 Å². The van der Waals surface area contributed by atoms with Gasteiger partial charge in [-0.15, -0.1) is 0 Å². The molecule has 122 valence electrons. The molecule has 0 bridgehead atoms. The number of nitrogens with one attached hydrogen (secondary N) is 2. The highest BCUT2D eigenvalue weighted by Gasteiger charge is 2.22. The van der Waals surface area contributed by atoms with Crippen molar-refractivity contribution >= 4 is 33.2 Å². The molecule has 8 heteroatoms. The molecule has 0 heterocycles. The smallest absolute Gasteiger partial charge is 0.242 e. The van der Waals surface area contributed by atoms with Crippen LogP contribution in [0.15, 0.2) is 53.4 Å². The third-order valence-corrected chi connectivity index (χ3v) is 4.77. The number of carbonyl (C=O) groups is 1. The number of amides is 1. The summed E-state index contributed by atoms with van der Waals surface area (Å²) in [5, 5.41) is 3.09. The number of hydrogen-bond donors (Lipinski definition) is 2. The van der Waals surface area contributed by atoms with Gasteiger partial charge in [0, 0.05) is 10.7 Å². The van der Waals surface area contributed by atoms with E-state index in [2.05, 4.69) is 10.0 Å². The topological polar surface area (TPSA) is 75.3 Å². The van der Waals surface area contributed by atoms with Crippen LogP contribution in [0, 0.1) is 5.82 Å². The zero-order valence-electron chi connectivity index (χ0n) is 12.1. The van der Waals surface area contributed by atoms with Crippen LogP contribution in [0.3, 0.4) is 0 Å². The summed E-state index contributed by atoms with van der Waals surface area (Å²) in [4.78, 5) is 11.9. The van der Waals surface area contributed by atoms with Crippen LogP contribution in [0.1, 0.15) is 6.92 Å². The average molecular weight is 357 g/mol. The molecule has 0 radical (unpaired) electrons. The molecule has 0 saturated heterocycles. The first-order valence-electron chi connectivity index (χ1n) is 6.62. The number of carbonyl (C=O) groups excluding carboxylic acids is 1. The molecule has 0 aliphatic carbocycles. The van der Waals surface area contributed by atoms with Crippen molar-refractivity contribution in [2.75, 3.05) is 5.32 Å². The fraction of sp³-hybridized carbons (Fsp3) is 0.133. The van der Waals surface area contributed by atoms with Gasteiger partial charge in [0.1, 0.15) is 5.82 Å². The number of halogens is 2. The van der Waals surface area contributed by atoms with E-state index in [1.807, 2.05) is 0 Å². The fourth-order valence-corrected chi connectivity index (χ4v) is 3.08. The van der Waals surface area contributed by atoms with Gasteiger partial charge in [0.15, 0.2) is 0 Å². The van der Waals surface area contributed by atoms with Crippen LogP contribution >= 0.6 is 11.6 Å². The molecule has 5 nitrogen and oxygen atoms in total. The number of sulfonamides is 1. The molecule has 0 spiro atoms. The molecule has 1 unspecified atom stereocenters. The Kier molecular flexibility index (Phi) is 5.35. The molecule has 1 amide bonds. The molecule has 2 N–H and O–H groups in total. The van der Waals surface area contributed by atoms with Crippen molar-refractivity contribution in [3.05, 3.63) is 59.4 Å². The maximum atomic E-state index is 12.8. The molecule has 0 saturated carbocycles. The first-order valence-corrected chi connectivity index (χ1v) is 8.48.